The van der Waals surface area contributed by atoms with Crippen LogP contribution in [0.15, 0.2) is 218 Å². The molecule has 10 aromatic carbocycles. The molecule has 0 saturated carbocycles. The van der Waals surface area contributed by atoms with Gasteiger partial charge < -0.3 is 18.3 Å². The molecule has 0 aliphatic carbocycles. The molecule has 0 aliphatic heterocycles. The number of fused-ring (bicyclic) bond motifs is 14. The van der Waals surface area contributed by atoms with Gasteiger partial charge in [-0.25, -0.2) is 0 Å². The minimum atomic E-state index is -4.96. The van der Waals surface area contributed by atoms with Gasteiger partial charge in [0, 0.05) is 60.0 Å². The van der Waals surface area contributed by atoms with Crippen molar-refractivity contribution in [3.63, 3.8) is 0 Å². The van der Waals surface area contributed by atoms with Gasteiger partial charge in [0.1, 0.15) is 0 Å². The smallest absolute Gasteiger partial charge is 0.309 e. The molecule has 346 valence electrons. The van der Waals surface area contributed by atoms with Crippen LogP contribution in [-0.2, 0) is 12.4 Å². The Kier molecular flexibility index (Phi) is 8.87. The van der Waals surface area contributed by atoms with E-state index < -0.39 is 23.5 Å². The lowest BCUT2D eigenvalue weighted by Gasteiger charge is -2.23. The topological polar surface area (TPSA) is 19.7 Å². The third-order valence-corrected chi connectivity index (χ3v) is 14.4. The molecule has 14 rings (SSSR count). The summed E-state index contributed by atoms with van der Waals surface area (Å²) in [7, 11) is 0. The number of hydrogen-bond acceptors (Lipinski definition) is 0. The van der Waals surface area contributed by atoms with Crippen LogP contribution in [0, 0.1) is 0 Å². The van der Waals surface area contributed by atoms with Gasteiger partial charge in [0.2, 0.25) is 0 Å². The van der Waals surface area contributed by atoms with Gasteiger partial charge >= 0.3 is 12.4 Å². The second-order valence-electron chi connectivity index (χ2n) is 18.3. The van der Waals surface area contributed by atoms with Crippen molar-refractivity contribution in [3.8, 4) is 33.9 Å². The fourth-order valence-corrected chi connectivity index (χ4v) is 11.5. The number of hydrogen-bond donors (Lipinski definition) is 0. The minimum absolute atomic E-state index is 0.0761. The maximum atomic E-state index is 16.7. The van der Waals surface area contributed by atoms with E-state index in [2.05, 4.69) is 9.13 Å². The highest BCUT2D eigenvalue weighted by atomic mass is 19.4. The molecule has 4 aromatic heterocycles. The third kappa shape index (κ3) is 6.01. The molecule has 0 bridgehead atoms. The minimum Gasteiger partial charge on any atom is -0.309 e. The molecule has 4 heterocycles. The Morgan fingerprint density at radius 2 is 0.722 bits per heavy atom. The summed E-state index contributed by atoms with van der Waals surface area (Å²) < 4.78 is 102. The number of benzene rings is 10. The maximum Gasteiger partial charge on any atom is 0.418 e. The summed E-state index contributed by atoms with van der Waals surface area (Å²) >= 11 is 0. The van der Waals surface area contributed by atoms with E-state index in [0.717, 1.165) is 94.7 Å². The molecule has 0 saturated heterocycles. The zero-order valence-electron chi connectivity index (χ0n) is 37.8. The summed E-state index contributed by atoms with van der Waals surface area (Å²) in [6.07, 6.45) is -9.70. The van der Waals surface area contributed by atoms with Crippen LogP contribution in [0.25, 0.3) is 121 Å². The molecule has 0 amide bonds. The number of aromatic nitrogens is 4. The number of nitrogens with zero attached hydrogens (tertiary/aromatic N) is 4. The zero-order chi connectivity index (χ0) is 48.6. The number of para-hydroxylation sites is 6. The summed E-state index contributed by atoms with van der Waals surface area (Å²) in [5.74, 6) is 0. The monoisotopic (exact) mass is 950 g/mol. The molecule has 72 heavy (non-hydrogen) atoms. The molecule has 0 fully saturated rings. The summed E-state index contributed by atoms with van der Waals surface area (Å²) in [5.41, 5.74) is 5.66. The fourth-order valence-electron chi connectivity index (χ4n) is 11.5. The predicted octanol–water partition coefficient (Wildman–Crippen LogP) is 17.8. The van der Waals surface area contributed by atoms with E-state index in [0.29, 0.717) is 22.1 Å². The highest BCUT2D eigenvalue weighted by Crippen LogP contribution is 2.49. The highest BCUT2D eigenvalue weighted by molar-refractivity contribution is 6.28. The third-order valence-electron chi connectivity index (χ3n) is 14.4. The van der Waals surface area contributed by atoms with E-state index in [4.69, 9.17) is 0 Å². The van der Waals surface area contributed by atoms with Crippen LogP contribution in [-0.4, -0.2) is 18.3 Å². The average molecular weight is 951 g/mol. The fraction of sp³-hybridized carbons (Fsp3) is 0.0323. The first kappa shape index (κ1) is 41.9. The van der Waals surface area contributed by atoms with Crippen LogP contribution in [0.5, 0.6) is 0 Å². The van der Waals surface area contributed by atoms with Crippen LogP contribution in [0.3, 0.4) is 0 Å². The largest absolute Gasteiger partial charge is 0.418 e. The van der Waals surface area contributed by atoms with Crippen molar-refractivity contribution in [2.45, 2.75) is 12.4 Å². The van der Waals surface area contributed by atoms with E-state index in [9.17, 15) is 13.2 Å². The SMILES string of the molecule is FC(F)(F)c1cccc(-c2cc(-n3c4ccccc4c4ccc5c(c6ccccc6n5-c5ccccc5)c43)c(C(F)(F)F)cc2-n2c3ccccc3c3ccc4c(c5ccccc5n4-c4ccccc4)c32)c1. The van der Waals surface area contributed by atoms with Gasteiger partial charge in [-0.2, -0.15) is 26.3 Å². The van der Waals surface area contributed by atoms with Crippen molar-refractivity contribution in [2.24, 2.45) is 0 Å². The van der Waals surface area contributed by atoms with Gasteiger partial charge in [-0.15, -0.1) is 0 Å². The first-order valence-corrected chi connectivity index (χ1v) is 23.5. The van der Waals surface area contributed by atoms with Crippen molar-refractivity contribution in [3.05, 3.63) is 230 Å². The van der Waals surface area contributed by atoms with E-state index in [1.54, 1.807) is 16.7 Å². The number of alkyl halides is 6. The second-order valence-corrected chi connectivity index (χ2v) is 18.3. The Labute approximate surface area is 406 Å². The van der Waals surface area contributed by atoms with Crippen LogP contribution in [0.4, 0.5) is 26.3 Å². The summed E-state index contributed by atoms with van der Waals surface area (Å²) in [6.45, 7) is 0. The summed E-state index contributed by atoms with van der Waals surface area (Å²) in [5, 5.41) is 6.23. The molecular formula is C62H36F6N4. The normalized spacial score (nSPS) is 12.6. The molecule has 0 unspecified atom stereocenters. The van der Waals surface area contributed by atoms with Gasteiger partial charge in [0.25, 0.3) is 0 Å². The van der Waals surface area contributed by atoms with Crippen LogP contribution in [0.1, 0.15) is 11.1 Å². The van der Waals surface area contributed by atoms with E-state index >= 15 is 13.2 Å². The Morgan fingerprint density at radius 3 is 1.19 bits per heavy atom. The summed E-state index contributed by atoms with van der Waals surface area (Å²) in [6, 6.07) is 65.9. The van der Waals surface area contributed by atoms with Gasteiger partial charge in [-0.05, 0) is 90.5 Å². The molecular weight excluding hydrogens is 915 g/mol. The standard InChI is InChI=1S/C62H36F6N4/c63-61(64,65)38-17-15-16-37(34-38)47-35-56(72-50-27-12-8-23-42(50)44-31-33-54-58(60(44)72)46-25-10-14-29-52(46)70(54)40-20-5-2-6-21-40)48(62(66,67)68)36-55(47)71-49-26-11-7-22-41(49)43-30-32-53-57(59(43)71)45-24-9-13-28-51(45)69(53)39-18-3-1-4-19-39/h1-36H. The van der Waals surface area contributed by atoms with Gasteiger partial charge in [-0.1, -0.05) is 133 Å². The molecule has 4 nitrogen and oxygen atoms in total. The Bertz CT molecular complexity index is 4530. The van der Waals surface area contributed by atoms with Gasteiger partial charge in [-0.3, -0.25) is 0 Å². The van der Waals surface area contributed by atoms with Gasteiger partial charge in [0.15, 0.2) is 0 Å². The first-order valence-electron chi connectivity index (χ1n) is 23.5. The van der Waals surface area contributed by atoms with Gasteiger partial charge in [0.05, 0.1) is 66.6 Å². The lowest BCUT2D eigenvalue weighted by Crippen LogP contribution is -2.13. The quantitative estimate of drug-likeness (QED) is 0.153. The Morgan fingerprint density at radius 1 is 0.292 bits per heavy atom. The Balaban J connectivity index is 1.18. The molecule has 0 radical (unpaired) electrons. The van der Waals surface area contributed by atoms with Crippen molar-refractivity contribution in [2.75, 3.05) is 0 Å². The van der Waals surface area contributed by atoms with Crippen LogP contribution in [0.2, 0.25) is 0 Å². The summed E-state index contributed by atoms with van der Waals surface area (Å²) in [4.78, 5) is 0. The molecule has 10 heteroatoms. The highest BCUT2D eigenvalue weighted by Gasteiger charge is 2.38. The van der Waals surface area contributed by atoms with Crippen molar-refractivity contribution in [1.82, 2.24) is 18.3 Å². The van der Waals surface area contributed by atoms with E-state index in [-0.39, 0.29) is 22.5 Å². The lowest BCUT2D eigenvalue weighted by atomic mass is 9.96. The first-order chi connectivity index (χ1) is 35.0. The van der Waals surface area contributed by atoms with Crippen LogP contribution < -0.4 is 0 Å². The molecule has 0 N–H and O–H groups in total. The van der Waals surface area contributed by atoms with Crippen molar-refractivity contribution >= 4 is 87.2 Å². The molecule has 14 aromatic rings. The van der Waals surface area contributed by atoms with E-state index in [1.807, 2.05) is 180 Å². The maximum absolute atomic E-state index is 16.7. The number of rotatable bonds is 5. The predicted molar refractivity (Wildman–Crippen MR) is 279 cm³/mol. The van der Waals surface area contributed by atoms with Crippen LogP contribution >= 0.6 is 0 Å². The molecule has 0 spiro atoms. The Hall–Kier alpha value is -9.02. The van der Waals surface area contributed by atoms with Crippen molar-refractivity contribution < 1.29 is 26.3 Å². The second kappa shape index (κ2) is 15.2. The molecule has 0 aliphatic rings. The average Bonchev–Trinajstić information content (AvgIpc) is 4.13. The van der Waals surface area contributed by atoms with Crippen molar-refractivity contribution in [1.29, 1.82) is 0 Å². The number of halogens is 6. The lowest BCUT2D eigenvalue weighted by molar-refractivity contribution is -0.138. The van der Waals surface area contributed by atoms with E-state index in [1.165, 1.54) is 12.1 Å². The zero-order valence-corrected chi connectivity index (χ0v) is 37.8. The molecule has 0 atom stereocenters.